The molecule has 0 saturated heterocycles. The van der Waals surface area contributed by atoms with E-state index in [-0.39, 0.29) is 12.5 Å². The summed E-state index contributed by atoms with van der Waals surface area (Å²) in [7, 11) is 0. The number of ether oxygens (including phenoxy) is 1. The molecule has 0 saturated carbocycles. The van der Waals surface area contributed by atoms with Gasteiger partial charge < -0.3 is 10.1 Å². The normalized spacial score (nSPS) is 12.3. The summed E-state index contributed by atoms with van der Waals surface area (Å²) in [6, 6.07) is -0.756. The number of amides is 2. The molecule has 0 aromatic rings. The number of carbonyl (C=O) groups is 2. The molecule has 5 nitrogen and oxygen atoms in total. The van der Waals surface area contributed by atoms with Crippen LogP contribution in [-0.2, 0) is 9.53 Å². The molecule has 0 bridgehead atoms. The van der Waals surface area contributed by atoms with Gasteiger partial charge in [-0.15, -0.1) is 0 Å². The molecule has 1 unspecified atom stereocenters. The van der Waals surface area contributed by atoms with Crippen LogP contribution in [0, 0.1) is 5.92 Å². The van der Waals surface area contributed by atoms with Crippen molar-refractivity contribution in [2.24, 2.45) is 5.92 Å². The van der Waals surface area contributed by atoms with Gasteiger partial charge in [0.2, 0.25) is 0 Å². The van der Waals surface area contributed by atoms with Crippen LogP contribution in [0.25, 0.3) is 0 Å². The molecule has 2 N–H and O–H groups in total. The van der Waals surface area contributed by atoms with Crippen molar-refractivity contribution in [3.63, 3.8) is 0 Å². The van der Waals surface area contributed by atoms with Crippen LogP contribution in [0.3, 0.4) is 0 Å². The lowest BCUT2D eigenvalue weighted by Crippen LogP contribution is -2.42. The second-order valence-corrected chi connectivity index (χ2v) is 3.41. The van der Waals surface area contributed by atoms with Gasteiger partial charge in [-0.25, -0.2) is 4.79 Å². The van der Waals surface area contributed by atoms with Crippen molar-refractivity contribution in [3.05, 3.63) is 0 Å². The Labute approximate surface area is 84.0 Å². The minimum absolute atomic E-state index is 0.247. The lowest BCUT2D eigenvalue weighted by atomic mass is 10.0. The van der Waals surface area contributed by atoms with Crippen molar-refractivity contribution in [3.8, 4) is 0 Å². The van der Waals surface area contributed by atoms with Crippen LogP contribution >= 0.6 is 0 Å². The zero-order valence-corrected chi connectivity index (χ0v) is 8.79. The van der Waals surface area contributed by atoms with E-state index >= 15 is 0 Å². The van der Waals surface area contributed by atoms with Gasteiger partial charge in [0.1, 0.15) is 6.04 Å². The first-order chi connectivity index (χ1) is 6.47. The largest absolute Gasteiger partial charge is 0.450 e. The summed E-state index contributed by atoms with van der Waals surface area (Å²) in [5.41, 5.74) is 6.94. The number of hydrogen-bond donors (Lipinski definition) is 1. The quantitative estimate of drug-likeness (QED) is 0.719. The molecule has 0 aromatic heterocycles. The zero-order chi connectivity index (χ0) is 11.1. The molecular formula is C9H17N2O3. The topological polar surface area (TPSA) is 79.2 Å². The monoisotopic (exact) mass is 201 g/mol. The zero-order valence-electron chi connectivity index (χ0n) is 8.79. The fourth-order valence-electron chi connectivity index (χ4n) is 1.02. The molecule has 1 atom stereocenters. The molecule has 0 rings (SSSR count). The molecule has 5 heteroatoms. The van der Waals surface area contributed by atoms with Crippen molar-refractivity contribution in [1.82, 2.24) is 11.1 Å². The Balaban J connectivity index is 4.09. The molecule has 0 spiro atoms. The molecule has 1 radical (unpaired) electrons. The summed E-state index contributed by atoms with van der Waals surface area (Å²) < 4.78 is 4.62. The van der Waals surface area contributed by atoms with Gasteiger partial charge in [-0.05, 0) is 19.3 Å². The lowest BCUT2D eigenvalue weighted by Gasteiger charge is -2.16. The Morgan fingerprint density at radius 1 is 1.43 bits per heavy atom. The second-order valence-electron chi connectivity index (χ2n) is 3.41. The van der Waals surface area contributed by atoms with Crippen molar-refractivity contribution in [1.29, 1.82) is 0 Å². The number of hydrogen-bond acceptors (Lipinski definition) is 3. The van der Waals surface area contributed by atoms with Crippen LogP contribution in [0.1, 0.15) is 27.2 Å². The van der Waals surface area contributed by atoms with E-state index in [1.807, 2.05) is 13.8 Å². The summed E-state index contributed by atoms with van der Waals surface area (Å²) in [4.78, 5) is 21.8. The van der Waals surface area contributed by atoms with E-state index in [9.17, 15) is 9.59 Å². The smallest absolute Gasteiger partial charge is 0.407 e. The number of alkyl carbamates (subject to hydrolysis) is 1. The van der Waals surface area contributed by atoms with Gasteiger partial charge in [-0.3, -0.25) is 10.5 Å². The highest BCUT2D eigenvalue weighted by Crippen LogP contribution is 2.04. The summed E-state index contributed by atoms with van der Waals surface area (Å²) in [6.45, 7) is 5.78. The highest BCUT2D eigenvalue weighted by molar-refractivity contribution is 5.83. The van der Waals surface area contributed by atoms with Gasteiger partial charge in [-0.1, -0.05) is 13.8 Å². The van der Waals surface area contributed by atoms with Crippen LogP contribution in [0.4, 0.5) is 4.79 Å². The first-order valence-corrected chi connectivity index (χ1v) is 4.66. The molecule has 0 aromatic carbocycles. The van der Waals surface area contributed by atoms with E-state index in [0.717, 1.165) is 0 Å². The molecule has 0 aliphatic carbocycles. The summed E-state index contributed by atoms with van der Waals surface area (Å²) in [5, 5.41) is 2.35. The maximum absolute atomic E-state index is 11.0. The van der Waals surface area contributed by atoms with Gasteiger partial charge >= 0.3 is 6.09 Å². The first kappa shape index (κ1) is 12.7. The van der Waals surface area contributed by atoms with Crippen LogP contribution in [0.5, 0.6) is 0 Å². The average molecular weight is 201 g/mol. The second kappa shape index (κ2) is 6.23. The average Bonchev–Trinajstić information content (AvgIpc) is 2.02. The maximum Gasteiger partial charge on any atom is 0.407 e. The minimum atomic E-state index is -0.785. The van der Waals surface area contributed by atoms with Crippen LogP contribution < -0.4 is 11.1 Å². The lowest BCUT2D eigenvalue weighted by molar-refractivity contribution is -0.120. The van der Waals surface area contributed by atoms with E-state index in [2.05, 4.69) is 10.1 Å². The fraction of sp³-hybridized carbons (Fsp3) is 0.778. The van der Waals surface area contributed by atoms with Crippen molar-refractivity contribution < 1.29 is 14.3 Å². The van der Waals surface area contributed by atoms with E-state index in [4.69, 9.17) is 5.73 Å². The van der Waals surface area contributed by atoms with Gasteiger partial charge in [0.05, 0.1) is 6.61 Å². The Bertz CT molecular complexity index is 204. The van der Waals surface area contributed by atoms with E-state index in [1.54, 1.807) is 6.92 Å². The molecule has 14 heavy (non-hydrogen) atoms. The molecule has 0 fully saturated rings. The Morgan fingerprint density at radius 3 is 2.36 bits per heavy atom. The predicted molar refractivity (Wildman–Crippen MR) is 51.5 cm³/mol. The molecule has 81 valence electrons. The Hall–Kier alpha value is -1.26. The maximum atomic E-state index is 11.0. The molecular weight excluding hydrogens is 184 g/mol. The van der Waals surface area contributed by atoms with Gasteiger partial charge in [0, 0.05) is 0 Å². The molecule has 0 aliphatic rings. The van der Waals surface area contributed by atoms with Gasteiger partial charge in [0.15, 0.2) is 0 Å². The number of carbonyl (C=O) groups excluding carboxylic acids is 2. The summed E-state index contributed by atoms with van der Waals surface area (Å²) >= 11 is 0. The highest BCUT2D eigenvalue weighted by Gasteiger charge is 2.20. The van der Waals surface area contributed by atoms with E-state index in [1.165, 1.54) is 0 Å². The van der Waals surface area contributed by atoms with E-state index in [0.29, 0.717) is 6.42 Å². The number of nitrogens with one attached hydrogen (secondary N) is 2. The predicted octanol–water partition coefficient (Wildman–Crippen LogP) is 0.957. The minimum Gasteiger partial charge on any atom is -0.450 e. The SMILES string of the molecule is CCOC(=O)NC(CC(C)C)C([NH])=O. The third-order valence-corrected chi connectivity index (χ3v) is 1.59. The standard InChI is InChI=1S/C9H17N2O3/c1-4-14-9(13)11-7(8(10)12)5-6(2)3/h6-7,10H,4-5H2,1-3H3,(H,11,13). The Kier molecular flexibility index (Phi) is 5.67. The van der Waals surface area contributed by atoms with Crippen LogP contribution in [0.2, 0.25) is 0 Å². The van der Waals surface area contributed by atoms with Crippen molar-refractivity contribution in [2.45, 2.75) is 33.2 Å². The molecule has 2 amide bonds. The van der Waals surface area contributed by atoms with Crippen molar-refractivity contribution >= 4 is 12.0 Å². The summed E-state index contributed by atoms with van der Waals surface area (Å²) in [6.07, 6.45) is -0.181. The van der Waals surface area contributed by atoms with Crippen LogP contribution in [-0.4, -0.2) is 24.6 Å². The van der Waals surface area contributed by atoms with E-state index < -0.39 is 18.0 Å². The van der Waals surface area contributed by atoms with Crippen molar-refractivity contribution in [2.75, 3.05) is 6.61 Å². The Morgan fingerprint density at radius 2 is 2.00 bits per heavy atom. The fourth-order valence-corrected chi connectivity index (χ4v) is 1.02. The highest BCUT2D eigenvalue weighted by atomic mass is 16.5. The third kappa shape index (κ3) is 5.40. The molecule has 0 heterocycles. The first-order valence-electron chi connectivity index (χ1n) is 4.66. The number of rotatable bonds is 5. The van der Waals surface area contributed by atoms with Gasteiger partial charge in [-0.2, -0.15) is 0 Å². The third-order valence-electron chi connectivity index (χ3n) is 1.59. The molecule has 0 aliphatic heterocycles. The van der Waals surface area contributed by atoms with Crippen LogP contribution in [0.15, 0.2) is 0 Å². The van der Waals surface area contributed by atoms with Gasteiger partial charge in [0.25, 0.3) is 5.91 Å². The summed E-state index contributed by atoms with van der Waals surface area (Å²) in [5.74, 6) is -0.539.